The molecule has 2 aromatic rings. The van der Waals surface area contributed by atoms with E-state index >= 15 is 0 Å². The number of hydrogen-bond donors (Lipinski definition) is 0. The number of hydrogen-bond acceptors (Lipinski definition) is 4. The number of aromatic nitrogens is 2. The van der Waals surface area contributed by atoms with Crippen LogP contribution in [-0.2, 0) is 17.9 Å². The lowest BCUT2D eigenvalue weighted by molar-refractivity contribution is -0.132. The molecule has 2 rings (SSSR count). The molecule has 0 aliphatic rings. The Morgan fingerprint density at radius 1 is 1.25 bits per heavy atom. The highest BCUT2D eigenvalue weighted by Gasteiger charge is 2.16. The van der Waals surface area contributed by atoms with Gasteiger partial charge in [0.25, 0.3) is 5.56 Å². The second-order valence-electron chi connectivity index (χ2n) is 5.10. The first kappa shape index (κ1) is 18.0. The van der Waals surface area contributed by atoms with Crippen molar-refractivity contribution >= 4 is 17.5 Å². The van der Waals surface area contributed by atoms with Gasteiger partial charge in [-0.05, 0) is 26.0 Å². The molecule has 0 fully saturated rings. The Hall–Kier alpha value is -2.34. The predicted molar refractivity (Wildman–Crippen MR) is 92.2 cm³/mol. The summed E-state index contributed by atoms with van der Waals surface area (Å²) in [5.41, 5.74) is 0.555. The zero-order valence-corrected chi connectivity index (χ0v) is 14.5. The highest BCUT2D eigenvalue weighted by molar-refractivity contribution is 6.29. The molecule has 0 radical (unpaired) electrons. The summed E-state index contributed by atoms with van der Waals surface area (Å²) < 4.78 is 6.66. The monoisotopic (exact) mass is 349 g/mol. The molecule has 0 saturated heterocycles. The summed E-state index contributed by atoms with van der Waals surface area (Å²) in [5, 5.41) is 4.05. The summed E-state index contributed by atoms with van der Waals surface area (Å²) in [4.78, 5) is 25.9. The molecule has 7 heteroatoms. The fourth-order valence-electron chi connectivity index (χ4n) is 2.28. The quantitative estimate of drug-likeness (QED) is 0.769. The number of ether oxygens (including phenoxy) is 1. The first-order valence-corrected chi connectivity index (χ1v) is 8.15. The number of amides is 1. The molecule has 24 heavy (non-hydrogen) atoms. The smallest absolute Gasteiger partial charge is 0.267 e. The summed E-state index contributed by atoms with van der Waals surface area (Å²) in [6, 6.07) is 10.3. The van der Waals surface area contributed by atoms with Gasteiger partial charge in [0.05, 0.1) is 6.61 Å². The largest absolute Gasteiger partial charge is 0.494 e. The fourth-order valence-corrected chi connectivity index (χ4v) is 2.43. The van der Waals surface area contributed by atoms with Crippen molar-refractivity contribution in [2.45, 2.75) is 26.9 Å². The van der Waals surface area contributed by atoms with E-state index in [9.17, 15) is 9.59 Å². The zero-order chi connectivity index (χ0) is 17.5. The van der Waals surface area contributed by atoms with E-state index in [4.69, 9.17) is 16.3 Å². The molecule has 0 N–H and O–H groups in total. The molecular formula is C17H20ClN3O3. The highest BCUT2D eigenvalue weighted by atomic mass is 35.5. The Morgan fingerprint density at radius 2 is 2.00 bits per heavy atom. The number of para-hydroxylation sites is 1. The molecule has 0 aliphatic carbocycles. The van der Waals surface area contributed by atoms with Crippen molar-refractivity contribution in [3.05, 3.63) is 57.5 Å². The first-order valence-electron chi connectivity index (χ1n) is 7.77. The second kappa shape index (κ2) is 8.49. The minimum absolute atomic E-state index is 0.149. The number of likely N-dealkylation sites (N-methyl/N-ethyl adjacent to an activating group) is 1. The molecule has 6 nitrogen and oxygen atoms in total. The molecule has 1 amide bonds. The van der Waals surface area contributed by atoms with Gasteiger partial charge in [0.15, 0.2) is 0 Å². The van der Waals surface area contributed by atoms with Crippen LogP contribution in [0, 0.1) is 0 Å². The van der Waals surface area contributed by atoms with Gasteiger partial charge in [0, 0.05) is 24.7 Å². The number of carbonyl (C=O) groups is 1. The standard InChI is InChI=1S/C17H20ClN3O3/c1-3-20(11-13-7-5-6-8-14(13)24-4-2)17(23)12-21-16(22)10-9-15(18)19-21/h5-10H,3-4,11-12H2,1-2H3. The maximum absolute atomic E-state index is 12.5. The van der Waals surface area contributed by atoms with Crippen LogP contribution >= 0.6 is 11.6 Å². The van der Waals surface area contributed by atoms with E-state index in [1.165, 1.54) is 12.1 Å². The number of benzene rings is 1. The van der Waals surface area contributed by atoms with Crippen molar-refractivity contribution in [2.24, 2.45) is 0 Å². The van der Waals surface area contributed by atoms with E-state index in [1.54, 1.807) is 4.90 Å². The minimum atomic E-state index is -0.362. The summed E-state index contributed by atoms with van der Waals surface area (Å²) in [5.74, 6) is 0.546. The Labute approximate surface area is 145 Å². The van der Waals surface area contributed by atoms with Crippen LogP contribution in [-0.4, -0.2) is 33.7 Å². The number of nitrogens with zero attached hydrogens (tertiary/aromatic N) is 3. The van der Waals surface area contributed by atoms with E-state index < -0.39 is 0 Å². The van der Waals surface area contributed by atoms with Crippen molar-refractivity contribution in [1.29, 1.82) is 0 Å². The average Bonchev–Trinajstić information content (AvgIpc) is 2.57. The fraction of sp³-hybridized carbons (Fsp3) is 0.353. The Kier molecular flexibility index (Phi) is 6.37. The normalized spacial score (nSPS) is 10.5. The van der Waals surface area contributed by atoms with Crippen molar-refractivity contribution in [3.63, 3.8) is 0 Å². The lowest BCUT2D eigenvalue weighted by atomic mass is 10.2. The molecule has 0 spiro atoms. The number of rotatable bonds is 7. The molecule has 1 heterocycles. The SMILES string of the molecule is CCOc1ccccc1CN(CC)C(=O)Cn1nc(Cl)ccc1=O. The molecule has 0 unspecified atom stereocenters. The molecule has 128 valence electrons. The van der Waals surface area contributed by atoms with E-state index in [0.29, 0.717) is 19.7 Å². The van der Waals surface area contributed by atoms with Gasteiger partial charge in [-0.15, -0.1) is 0 Å². The number of halogens is 1. The lowest BCUT2D eigenvalue weighted by Crippen LogP contribution is -2.36. The third-order valence-corrected chi connectivity index (χ3v) is 3.69. The second-order valence-corrected chi connectivity index (χ2v) is 5.49. The van der Waals surface area contributed by atoms with Crippen LogP contribution in [0.15, 0.2) is 41.2 Å². The van der Waals surface area contributed by atoms with Crippen LogP contribution in [0.4, 0.5) is 0 Å². The van der Waals surface area contributed by atoms with Gasteiger partial charge in [0.1, 0.15) is 17.4 Å². The van der Waals surface area contributed by atoms with Crippen molar-refractivity contribution in [2.75, 3.05) is 13.2 Å². The van der Waals surface area contributed by atoms with Gasteiger partial charge in [-0.1, -0.05) is 29.8 Å². The van der Waals surface area contributed by atoms with Crippen LogP contribution in [0.2, 0.25) is 5.15 Å². The maximum atomic E-state index is 12.5. The summed E-state index contributed by atoms with van der Waals surface area (Å²) in [7, 11) is 0. The molecular weight excluding hydrogens is 330 g/mol. The molecule has 1 aromatic carbocycles. The third-order valence-electron chi connectivity index (χ3n) is 3.49. The van der Waals surface area contributed by atoms with Crippen LogP contribution in [0.1, 0.15) is 19.4 Å². The summed E-state index contributed by atoms with van der Waals surface area (Å²) >= 11 is 5.79. The first-order chi connectivity index (χ1) is 11.5. The van der Waals surface area contributed by atoms with Gasteiger partial charge in [-0.2, -0.15) is 5.10 Å². The summed E-state index contributed by atoms with van der Waals surface area (Å²) in [6.07, 6.45) is 0. The van der Waals surface area contributed by atoms with Gasteiger partial charge >= 0.3 is 0 Å². The van der Waals surface area contributed by atoms with Gasteiger partial charge in [-0.3, -0.25) is 9.59 Å². The Bertz CT molecular complexity index is 761. The maximum Gasteiger partial charge on any atom is 0.267 e. The highest BCUT2D eigenvalue weighted by Crippen LogP contribution is 2.20. The van der Waals surface area contributed by atoms with Gasteiger partial charge < -0.3 is 9.64 Å². The Morgan fingerprint density at radius 3 is 2.71 bits per heavy atom. The van der Waals surface area contributed by atoms with Crippen LogP contribution in [0.3, 0.4) is 0 Å². The van der Waals surface area contributed by atoms with E-state index in [2.05, 4.69) is 5.10 Å². The third kappa shape index (κ3) is 4.58. The van der Waals surface area contributed by atoms with Crippen LogP contribution < -0.4 is 10.3 Å². The zero-order valence-electron chi connectivity index (χ0n) is 13.7. The predicted octanol–water partition coefficient (Wildman–Crippen LogP) is 2.34. The average molecular weight is 350 g/mol. The summed E-state index contributed by atoms with van der Waals surface area (Å²) in [6.45, 7) is 5.12. The van der Waals surface area contributed by atoms with Crippen LogP contribution in [0.25, 0.3) is 0 Å². The van der Waals surface area contributed by atoms with Crippen molar-refractivity contribution < 1.29 is 9.53 Å². The molecule has 1 aromatic heterocycles. The Balaban J connectivity index is 2.15. The lowest BCUT2D eigenvalue weighted by Gasteiger charge is -2.22. The molecule has 0 saturated carbocycles. The molecule has 0 aliphatic heterocycles. The van der Waals surface area contributed by atoms with Gasteiger partial charge in [-0.25, -0.2) is 4.68 Å². The van der Waals surface area contributed by atoms with Gasteiger partial charge in [0.2, 0.25) is 5.91 Å². The molecule has 0 atom stereocenters. The van der Waals surface area contributed by atoms with Crippen molar-refractivity contribution in [3.8, 4) is 5.75 Å². The van der Waals surface area contributed by atoms with Crippen LogP contribution in [0.5, 0.6) is 5.75 Å². The van der Waals surface area contributed by atoms with E-state index in [1.807, 2.05) is 38.1 Å². The topological polar surface area (TPSA) is 64.4 Å². The minimum Gasteiger partial charge on any atom is -0.494 e. The van der Waals surface area contributed by atoms with Crippen molar-refractivity contribution in [1.82, 2.24) is 14.7 Å². The van der Waals surface area contributed by atoms with E-state index in [-0.39, 0.29) is 23.2 Å². The number of carbonyl (C=O) groups excluding carboxylic acids is 1. The molecule has 0 bridgehead atoms. The van der Waals surface area contributed by atoms with E-state index in [0.717, 1.165) is 16.0 Å².